The number of hydrogen-bond acceptors (Lipinski definition) is 9. The predicted molar refractivity (Wildman–Crippen MR) is 142 cm³/mol. The fourth-order valence-corrected chi connectivity index (χ4v) is 6.06. The monoisotopic (exact) mass is 542 g/mol. The number of methoxy groups -OCH3 is 1. The van der Waals surface area contributed by atoms with Crippen LogP contribution in [0, 0.1) is 5.92 Å². The van der Waals surface area contributed by atoms with Crippen molar-refractivity contribution in [1.29, 1.82) is 0 Å². The van der Waals surface area contributed by atoms with E-state index in [2.05, 4.69) is 11.8 Å². The lowest BCUT2D eigenvalue weighted by molar-refractivity contribution is -0.208. The maximum atomic E-state index is 13.1. The lowest BCUT2D eigenvalue weighted by atomic mass is 10.2. The van der Waals surface area contributed by atoms with Crippen molar-refractivity contribution < 1.29 is 27.4 Å². The van der Waals surface area contributed by atoms with Crippen LogP contribution < -0.4 is 9.47 Å². The van der Waals surface area contributed by atoms with Crippen LogP contribution in [0.1, 0.15) is 25.7 Å². The van der Waals surface area contributed by atoms with Gasteiger partial charge < -0.3 is 18.9 Å². The average molecular weight is 543 g/mol. The number of fused-ring (bicyclic) bond motifs is 1. The molecule has 204 valence electrons. The molecule has 11 heteroatoms. The number of aromatic nitrogens is 2. The van der Waals surface area contributed by atoms with Gasteiger partial charge in [0, 0.05) is 32.1 Å². The molecule has 0 radical (unpaired) electrons. The molecule has 3 heterocycles. The topological polar surface area (TPSA) is 103 Å². The molecule has 2 aliphatic heterocycles. The Morgan fingerprint density at radius 1 is 1.00 bits per heavy atom. The van der Waals surface area contributed by atoms with Gasteiger partial charge in [-0.2, -0.15) is 9.29 Å². The van der Waals surface area contributed by atoms with Gasteiger partial charge in [-0.25, -0.2) is 13.4 Å². The molecule has 0 aliphatic carbocycles. The third-order valence-corrected chi connectivity index (χ3v) is 8.88. The highest BCUT2D eigenvalue weighted by molar-refractivity contribution is 7.89. The molecule has 0 bridgehead atoms. The zero-order valence-corrected chi connectivity index (χ0v) is 22.8. The Balaban J connectivity index is 1.27. The molecular formula is C27H34N4O6S. The van der Waals surface area contributed by atoms with E-state index in [0.717, 1.165) is 10.9 Å². The summed E-state index contributed by atoms with van der Waals surface area (Å²) in [6.07, 6.45) is -0.429. The van der Waals surface area contributed by atoms with Gasteiger partial charge in [-0.1, -0.05) is 19.1 Å². The summed E-state index contributed by atoms with van der Waals surface area (Å²) < 4.78 is 50.5. The Labute approximate surface area is 223 Å². The van der Waals surface area contributed by atoms with Gasteiger partial charge in [-0.3, -0.25) is 4.90 Å². The van der Waals surface area contributed by atoms with Gasteiger partial charge in [0.05, 0.1) is 42.2 Å². The molecule has 10 nitrogen and oxygen atoms in total. The van der Waals surface area contributed by atoms with E-state index in [1.165, 1.54) is 4.31 Å². The van der Waals surface area contributed by atoms with Crippen molar-refractivity contribution in [3.8, 4) is 11.6 Å². The van der Waals surface area contributed by atoms with E-state index >= 15 is 0 Å². The molecule has 2 aliphatic rings. The van der Waals surface area contributed by atoms with Crippen LogP contribution in [0.5, 0.6) is 11.6 Å². The SMILES string of the molecule is COc1ccc(S(=O)(=O)N2CCN(C(C)c3nc(OCC4OCC(C)CO4)c4ccccc4n3)CC2)cc1. The number of para-hydroxylation sites is 1. The molecule has 3 aromatic rings. The van der Waals surface area contributed by atoms with Crippen LogP contribution in [-0.2, 0) is 19.5 Å². The third kappa shape index (κ3) is 5.76. The average Bonchev–Trinajstić information content (AvgIpc) is 2.96. The summed E-state index contributed by atoms with van der Waals surface area (Å²) in [4.78, 5) is 12.0. The molecule has 2 fully saturated rings. The zero-order chi connectivity index (χ0) is 26.7. The number of benzene rings is 2. The summed E-state index contributed by atoms with van der Waals surface area (Å²) in [5.74, 6) is 2.10. The number of piperazine rings is 1. The highest BCUT2D eigenvalue weighted by Crippen LogP contribution is 2.28. The van der Waals surface area contributed by atoms with Gasteiger partial charge in [-0.15, -0.1) is 0 Å². The second-order valence-corrected chi connectivity index (χ2v) is 11.6. The fourth-order valence-electron chi connectivity index (χ4n) is 4.64. The van der Waals surface area contributed by atoms with Gasteiger partial charge in [-0.05, 0) is 43.3 Å². The number of sulfonamides is 1. The van der Waals surface area contributed by atoms with E-state index in [4.69, 9.17) is 28.9 Å². The smallest absolute Gasteiger partial charge is 0.243 e. The predicted octanol–water partition coefficient (Wildman–Crippen LogP) is 3.09. The van der Waals surface area contributed by atoms with Crippen LogP contribution in [0.2, 0.25) is 0 Å². The summed E-state index contributed by atoms with van der Waals surface area (Å²) >= 11 is 0. The summed E-state index contributed by atoms with van der Waals surface area (Å²) in [7, 11) is -2.03. The number of ether oxygens (including phenoxy) is 4. The minimum absolute atomic E-state index is 0.129. The van der Waals surface area contributed by atoms with Gasteiger partial charge >= 0.3 is 0 Å². The molecule has 1 unspecified atom stereocenters. The molecule has 1 aromatic heterocycles. The summed E-state index contributed by atoms with van der Waals surface area (Å²) in [5.41, 5.74) is 0.791. The fraction of sp³-hybridized carbons (Fsp3) is 0.481. The standard InChI is InChI=1S/C27H34N4O6S/c1-19-16-35-25(36-17-19)18-37-27-23-6-4-5-7-24(23)28-26(29-27)20(2)30-12-14-31(15-13-30)38(32,33)22-10-8-21(34-3)9-11-22/h4-11,19-20,25H,12-18H2,1-3H3. The quantitative estimate of drug-likeness (QED) is 0.425. The first kappa shape index (κ1) is 26.8. The molecule has 2 aromatic carbocycles. The second kappa shape index (κ2) is 11.5. The van der Waals surface area contributed by atoms with E-state index in [-0.39, 0.29) is 17.5 Å². The van der Waals surface area contributed by atoms with Crippen molar-refractivity contribution in [2.75, 3.05) is 53.1 Å². The van der Waals surface area contributed by atoms with Crippen molar-refractivity contribution in [2.24, 2.45) is 5.92 Å². The largest absolute Gasteiger partial charge is 0.497 e. The zero-order valence-electron chi connectivity index (χ0n) is 21.9. The Morgan fingerprint density at radius 3 is 2.37 bits per heavy atom. The Kier molecular flexibility index (Phi) is 8.10. The Bertz CT molecular complexity index is 1340. The van der Waals surface area contributed by atoms with Crippen molar-refractivity contribution in [3.63, 3.8) is 0 Å². The Morgan fingerprint density at radius 2 is 1.68 bits per heavy atom. The van der Waals surface area contributed by atoms with Gasteiger partial charge in [0.2, 0.25) is 15.9 Å². The lowest BCUT2D eigenvalue weighted by Gasteiger charge is -2.36. The minimum Gasteiger partial charge on any atom is -0.497 e. The molecule has 5 rings (SSSR count). The maximum Gasteiger partial charge on any atom is 0.243 e. The van der Waals surface area contributed by atoms with Crippen LogP contribution in [0.15, 0.2) is 53.4 Å². The highest BCUT2D eigenvalue weighted by atomic mass is 32.2. The number of nitrogens with zero attached hydrogens (tertiary/aromatic N) is 4. The van der Waals surface area contributed by atoms with Crippen molar-refractivity contribution in [2.45, 2.75) is 31.1 Å². The second-order valence-electron chi connectivity index (χ2n) is 9.71. The molecule has 1 atom stereocenters. The van der Waals surface area contributed by atoms with Crippen LogP contribution in [0.3, 0.4) is 0 Å². The van der Waals surface area contributed by atoms with E-state index in [1.807, 2.05) is 31.2 Å². The van der Waals surface area contributed by atoms with Crippen molar-refractivity contribution >= 4 is 20.9 Å². The third-order valence-electron chi connectivity index (χ3n) is 6.97. The molecule has 0 spiro atoms. The van der Waals surface area contributed by atoms with E-state index in [0.29, 0.717) is 62.8 Å². The van der Waals surface area contributed by atoms with Gasteiger partial charge in [0.1, 0.15) is 18.2 Å². The molecule has 0 saturated carbocycles. The lowest BCUT2D eigenvalue weighted by Crippen LogP contribution is -2.49. The van der Waals surface area contributed by atoms with Crippen LogP contribution in [0.25, 0.3) is 10.9 Å². The summed E-state index contributed by atoms with van der Waals surface area (Å²) in [6, 6.07) is 14.1. The van der Waals surface area contributed by atoms with E-state index < -0.39 is 16.3 Å². The molecular weight excluding hydrogens is 508 g/mol. The van der Waals surface area contributed by atoms with Crippen molar-refractivity contribution in [1.82, 2.24) is 19.2 Å². The van der Waals surface area contributed by atoms with Crippen LogP contribution >= 0.6 is 0 Å². The highest BCUT2D eigenvalue weighted by Gasteiger charge is 2.31. The van der Waals surface area contributed by atoms with Gasteiger partial charge in [0.25, 0.3) is 0 Å². The van der Waals surface area contributed by atoms with Gasteiger partial charge in [0.15, 0.2) is 6.29 Å². The summed E-state index contributed by atoms with van der Waals surface area (Å²) in [6.45, 7) is 7.52. The first-order valence-electron chi connectivity index (χ1n) is 12.9. The summed E-state index contributed by atoms with van der Waals surface area (Å²) in [5, 5.41) is 0.822. The maximum absolute atomic E-state index is 13.1. The minimum atomic E-state index is -3.58. The molecule has 38 heavy (non-hydrogen) atoms. The first-order valence-corrected chi connectivity index (χ1v) is 14.3. The number of hydrogen-bond donors (Lipinski definition) is 0. The molecule has 0 amide bonds. The van der Waals surface area contributed by atoms with E-state index in [9.17, 15) is 8.42 Å². The van der Waals surface area contributed by atoms with Crippen molar-refractivity contribution in [3.05, 3.63) is 54.4 Å². The first-order chi connectivity index (χ1) is 18.3. The number of rotatable bonds is 8. The Hall–Kier alpha value is -2.83. The normalized spacial score (nSPS) is 22.3. The van der Waals surface area contributed by atoms with Crippen LogP contribution in [-0.4, -0.2) is 87.0 Å². The molecule has 2 saturated heterocycles. The molecule has 0 N–H and O–H groups in total. The van der Waals surface area contributed by atoms with Crippen LogP contribution in [0.4, 0.5) is 0 Å². The van der Waals surface area contributed by atoms with E-state index in [1.54, 1.807) is 31.4 Å².